The maximum Gasteiger partial charge on any atom is 0.326 e. The number of carbonyl (C=O) groups excluding carboxylic acids is 1. The summed E-state index contributed by atoms with van der Waals surface area (Å²) < 4.78 is 0.705. The average molecular weight is 310 g/mol. The molecule has 2 amide bonds. The van der Waals surface area contributed by atoms with E-state index < -0.39 is 0 Å². The quantitative estimate of drug-likeness (QED) is 0.746. The molecule has 2 heterocycles. The van der Waals surface area contributed by atoms with Crippen LogP contribution in [0.5, 0.6) is 0 Å². The Balaban J connectivity index is 2.00. The summed E-state index contributed by atoms with van der Waals surface area (Å²) in [5.41, 5.74) is 1.88. The molecule has 2 aromatic heterocycles. The molecule has 0 atom stereocenters. The first-order valence-electron chi connectivity index (χ1n) is 5.28. The Labute approximate surface area is 112 Å². The zero-order valence-corrected chi connectivity index (χ0v) is 11.5. The Hall–Kier alpha value is -1.89. The summed E-state index contributed by atoms with van der Waals surface area (Å²) in [4.78, 5) is 15.8. The number of nitrogens with zero attached hydrogens (tertiary/aromatic N) is 2. The number of urea groups is 1. The Morgan fingerprint density at radius 1 is 1.28 bits per heavy atom. The van der Waals surface area contributed by atoms with E-state index in [0.717, 1.165) is 11.3 Å². The number of rotatable bonds is 2. The van der Waals surface area contributed by atoms with E-state index in [1.54, 1.807) is 12.1 Å². The molecule has 0 spiro atoms. The zero-order valence-electron chi connectivity index (χ0n) is 9.91. The fourth-order valence-corrected chi connectivity index (χ4v) is 1.64. The molecule has 0 saturated carbocycles. The van der Waals surface area contributed by atoms with Gasteiger partial charge >= 0.3 is 6.03 Å². The Bertz CT molecular complexity index is 581. The molecular formula is C11H12BrN5O. The van der Waals surface area contributed by atoms with Gasteiger partial charge in [-0.05, 0) is 41.4 Å². The van der Waals surface area contributed by atoms with Gasteiger partial charge in [-0.1, -0.05) is 6.07 Å². The molecule has 0 fully saturated rings. The molecule has 2 aromatic rings. The van der Waals surface area contributed by atoms with Crippen LogP contribution in [0.15, 0.2) is 22.8 Å². The number of carbonyl (C=O) groups is 1. The molecule has 94 valence electrons. The normalized spacial score (nSPS) is 10.2. The summed E-state index contributed by atoms with van der Waals surface area (Å²) in [6.07, 6.45) is 0. The van der Waals surface area contributed by atoms with Gasteiger partial charge in [-0.15, -0.1) is 0 Å². The monoisotopic (exact) mass is 309 g/mol. The number of anilines is 2. The Morgan fingerprint density at radius 2 is 2.00 bits per heavy atom. The fourth-order valence-electron chi connectivity index (χ4n) is 1.32. The maximum atomic E-state index is 11.7. The van der Waals surface area contributed by atoms with Gasteiger partial charge in [-0.2, -0.15) is 5.10 Å². The van der Waals surface area contributed by atoms with Crippen LogP contribution in [0.1, 0.15) is 11.3 Å². The van der Waals surface area contributed by atoms with Crippen molar-refractivity contribution < 1.29 is 4.79 Å². The van der Waals surface area contributed by atoms with Gasteiger partial charge in [-0.3, -0.25) is 15.7 Å². The highest BCUT2D eigenvalue weighted by Crippen LogP contribution is 2.16. The minimum atomic E-state index is -0.384. The number of H-pyrrole nitrogens is 1. The molecule has 3 N–H and O–H groups in total. The van der Waals surface area contributed by atoms with Crippen LogP contribution in [0.2, 0.25) is 0 Å². The van der Waals surface area contributed by atoms with Gasteiger partial charge in [0.25, 0.3) is 0 Å². The first kappa shape index (κ1) is 12.6. The van der Waals surface area contributed by atoms with Crippen LogP contribution in [-0.2, 0) is 0 Å². The highest BCUT2D eigenvalue weighted by Gasteiger charge is 2.06. The number of hydrogen-bond acceptors (Lipinski definition) is 3. The van der Waals surface area contributed by atoms with Gasteiger partial charge < -0.3 is 0 Å². The summed E-state index contributed by atoms with van der Waals surface area (Å²) >= 11 is 3.31. The molecule has 0 aliphatic rings. The van der Waals surface area contributed by atoms with Crippen molar-refractivity contribution >= 4 is 33.6 Å². The molecule has 0 unspecified atom stereocenters. The third-order valence-corrected chi connectivity index (χ3v) is 3.03. The van der Waals surface area contributed by atoms with Crippen molar-refractivity contribution in [3.63, 3.8) is 0 Å². The maximum absolute atomic E-state index is 11.7. The number of aryl methyl sites for hydroxylation is 2. The third-order valence-electron chi connectivity index (χ3n) is 2.22. The van der Waals surface area contributed by atoms with Crippen LogP contribution >= 0.6 is 15.9 Å². The highest BCUT2D eigenvalue weighted by molar-refractivity contribution is 9.10. The lowest BCUT2D eigenvalue weighted by atomic mass is 10.3. The summed E-state index contributed by atoms with van der Waals surface area (Å²) in [5, 5.41) is 11.9. The lowest BCUT2D eigenvalue weighted by molar-refractivity contribution is 0.262. The summed E-state index contributed by atoms with van der Waals surface area (Å²) in [6, 6.07) is 4.95. The van der Waals surface area contributed by atoms with Crippen molar-refractivity contribution in [3.8, 4) is 0 Å². The summed E-state index contributed by atoms with van der Waals surface area (Å²) in [5.74, 6) is 0.938. The van der Waals surface area contributed by atoms with E-state index in [0.29, 0.717) is 16.2 Å². The van der Waals surface area contributed by atoms with Crippen LogP contribution in [-0.4, -0.2) is 21.2 Å². The molecule has 2 rings (SSSR count). The van der Waals surface area contributed by atoms with Gasteiger partial charge in [0, 0.05) is 11.8 Å². The smallest absolute Gasteiger partial charge is 0.292 e. The minimum Gasteiger partial charge on any atom is -0.292 e. The third kappa shape index (κ3) is 3.07. The van der Waals surface area contributed by atoms with Crippen molar-refractivity contribution in [2.45, 2.75) is 13.8 Å². The first-order chi connectivity index (χ1) is 8.54. The van der Waals surface area contributed by atoms with Gasteiger partial charge in [0.15, 0.2) is 5.82 Å². The summed E-state index contributed by atoms with van der Waals surface area (Å²) in [7, 11) is 0. The first-order valence-corrected chi connectivity index (χ1v) is 6.07. The number of pyridine rings is 1. The lowest BCUT2D eigenvalue weighted by Crippen LogP contribution is -2.20. The van der Waals surface area contributed by atoms with Crippen molar-refractivity contribution in [2.24, 2.45) is 0 Å². The second-order valence-electron chi connectivity index (χ2n) is 3.82. The molecule has 0 saturated heterocycles. The SMILES string of the molecule is Cc1cc(NC(=O)Nc2ccc(C)c(Br)n2)n[nH]1. The molecule has 0 aromatic carbocycles. The van der Waals surface area contributed by atoms with Crippen LogP contribution in [0.25, 0.3) is 0 Å². The van der Waals surface area contributed by atoms with Crippen LogP contribution < -0.4 is 10.6 Å². The van der Waals surface area contributed by atoms with Crippen molar-refractivity contribution in [3.05, 3.63) is 34.1 Å². The number of aromatic amines is 1. The van der Waals surface area contributed by atoms with Gasteiger partial charge in [0.2, 0.25) is 0 Å². The van der Waals surface area contributed by atoms with E-state index in [-0.39, 0.29) is 6.03 Å². The van der Waals surface area contributed by atoms with E-state index in [1.807, 2.05) is 19.9 Å². The minimum absolute atomic E-state index is 0.384. The zero-order chi connectivity index (χ0) is 13.1. The molecule has 7 heteroatoms. The Morgan fingerprint density at radius 3 is 2.61 bits per heavy atom. The Kier molecular flexibility index (Phi) is 3.61. The molecular weight excluding hydrogens is 298 g/mol. The van der Waals surface area contributed by atoms with Crippen LogP contribution in [0.3, 0.4) is 0 Å². The number of amides is 2. The highest BCUT2D eigenvalue weighted by atomic mass is 79.9. The molecule has 18 heavy (non-hydrogen) atoms. The fraction of sp³-hybridized carbons (Fsp3) is 0.182. The molecule has 6 nitrogen and oxygen atoms in total. The summed E-state index contributed by atoms with van der Waals surface area (Å²) in [6.45, 7) is 3.78. The standard InChI is InChI=1S/C11H12BrN5O/c1-6-3-4-8(13-10(6)12)14-11(18)15-9-5-7(2)16-17-9/h3-5H,1-2H3,(H3,13,14,15,16,17,18). The van der Waals surface area contributed by atoms with Crippen molar-refractivity contribution in [1.29, 1.82) is 0 Å². The van der Waals surface area contributed by atoms with Crippen molar-refractivity contribution in [2.75, 3.05) is 10.6 Å². The van der Waals surface area contributed by atoms with Gasteiger partial charge in [0.1, 0.15) is 10.4 Å². The van der Waals surface area contributed by atoms with Crippen molar-refractivity contribution in [1.82, 2.24) is 15.2 Å². The number of hydrogen-bond donors (Lipinski definition) is 3. The largest absolute Gasteiger partial charge is 0.326 e. The second-order valence-corrected chi connectivity index (χ2v) is 4.57. The molecule has 0 aliphatic heterocycles. The van der Waals surface area contributed by atoms with E-state index in [2.05, 4.69) is 41.7 Å². The number of aromatic nitrogens is 3. The predicted octanol–water partition coefficient (Wildman–Crippen LogP) is 2.83. The van der Waals surface area contributed by atoms with Gasteiger partial charge in [-0.25, -0.2) is 9.78 Å². The van der Waals surface area contributed by atoms with E-state index in [4.69, 9.17) is 0 Å². The number of halogens is 1. The molecule has 0 bridgehead atoms. The predicted molar refractivity (Wildman–Crippen MR) is 72.6 cm³/mol. The average Bonchev–Trinajstić information content (AvgIpc) is 2.69. The number of nitrogens with one attached hydrogen (secondary N) is 3. The van der Waals surface area contributed by atoms with E-state index in [9.17, 15) is 4.79 Å². The van der Waals surface area contributed by atoms with Gasteiger partial charge in [0.05, 0.1) is 0 Å². The van der Waals surface area contributed by atoms with Crippen LogP contribution in [0, 0.1) is 13.8 Å². The second kappa shape index (κ2) is 5.18. The van der Waals surface area contributed by atoms with E-state index in [1.165, 1.54) is 0 Å². The van der Waals surface area contributed by atoms with Crippen LogP contribution in [0.4, 0.5) is 16.4 Å². The topological polar surface area (TPSA) is 82.7 Å². The molecule has 0 radical (unpaired) electrons. The molecule has 0 aliphatic carbocycles. The lowest BCUT2D eigenvalue weighted by Gasteiger charge is -2.05. The van der Waals surface area contributed by atoms with E-state index >= 15 is 0 Å².